The van der Waals surface area contributed by atoms with E-state index >= 15 is 0 Å². The standard InChI is InChI=1S/C19H17ClN4O/c1-24-18(15-8-10-21-11-9-15)12-16(23-24)13-22-19(25)7-6-14-4-2-3-5-17(14)20/h2-12H,13H2,1H3,(H,22,25). The smallest absolute Gasteiger partial charge is 0.244 e. The summed E-state index contributed by atoms with van der Waals surface area (Å²) in [5, 5.41) is 7.86. The number of aromatic nitrogens is 3. The minimum atomic E-state index is -0.198. The lowest BCUT2D eigenvalue weighted by atomic mass is 10.2. The number of rotatable bonds is 5. The van der Waals surface area contributed by atoms with E-state index in [4.69, 9.17) is 11.6 Å². The first-order valence-corrected chi connectivity index (χ1v) is 8.15. The summed E-state index contributed by atoms with van der Waals surface area (Å²) in [6.07, 6.45) is 6.64. The molecule has 1 N–H and O–H groups in total. The van der Waals surface area contributed by atoms with Crippen LogP contribution in [0.2, 0.25) is 5.02 Å². The predicted molar refractivity (Wildman–Crippen MR) is 98.8 cm³/mol. The van der Waals surface area contributed by atoms with Gasteiger partial charge in [0.2, 0.25) is 5.91 Å². The van der Waals surface area contributed by atoms with E-state index in [1.54, 1.807) is 29.2 Å². The molecule has 6 heteroatoms. The molecule has 0 saturated heterocycles. The number of nitrogens with one attached hydrogen (secondary N) is 1. The summed E-state index contributed by atoms with van der Waals surface area (Å²) >= 11 is 6.06. The number of halogens is 1. The fourth-order valence-corrected chi connectivity index (χ4v) is 2.62. The average molecular weight is 353 g/mol. The summed E-state index contributed by atoms with van der Waals surface area (Å²) in [6, 6.07) is 13.2. The van der Waals surface area contributed by atoms with E-state index in [9.17, 15) is 4.79 Å². The maximum Gasteiger partial charge on any atom is 0.244 e. The molecule has 2 aromatic heterocycles. The van der Waals surface area contributed by atoms with Gasteiger partial charge in [-0.05, 0) is 35.9 Å². The van der Waals surface area contributed by atoms with E-state index < -0.39 is 0 Å². The summed E-state index contributed by atoms with van der Waals surface area (Å²) in [4.78, 5) is 16.0. The molecule has 0 aliphatic heterocycles. The van der Waals surface area contributed by atoms with Crippen molar-refractivity contribution in [3.05, 3.63) is 77.2 Å². The highest BCUT2D eigenvalue weighted by Crippen LogP contribution is 2.19. The van der Waals surface area contributed by atoms with E-state index in [0.717, 1.165) is 22.5 Å². The molecule has 0 saturated carbocycles. The van der Waals surface area contributed by atoms with E-state index in [-0.39, 0.29) is 5.91 Å². The number of amides is 1. The molecule has 1 amide bonds. The summed E-state index contributed by atoms with van der Waals surface area (Å²) in [5.41, 5.74) is 3.59. The Balaban J connectivity index is 1.62. The topological polar surface area (TPSA) is 59.8 Å². The molecule has 0 spiro atoms. The third kappa shape index (κ3) is 4.33. The van der Waals surface area contributed by atoms with Gasteiger partial charge in [0.15, 0.2) is 0 Å². The van der Waals surface area contributed by atoms with Gasteiger partial charge in [-0.2, -0.15) is 5.10 Å². The monoisotopic (exact) mass is 352 g/mol. The van der Waals surface area contributed by atoms with Crippen molar-refractivity contribution in [1.29, 1.82) is 0 Å². The van der Waals surface area contributed by atoms with Crippen molar-refractivity contribution in [3.63, 3.8) is 0 Å². The van der Waals surface area contributed by atoms with Gasteiger partial charge in [-0.1, -0.05) is 29.8 Å². The fourth-order valence-electron chi connectivity index (χ4n) is 2.42. The lowest BCUT2D eigenvalue weighted by Crippen LogP contribution is -2.20. The van der Waals surface area contributed by atoms with Gasteiger partial charge in [0, 0.05) is 36.1 Å². The molecule has 0 bridgehead atoms. The SMILES string of the molecule is Cn1nc(CNC(=O)C=Cc2ccccc2Cl)cc1-c1ccncc1. The van der Waals surface area contributed by atoms with Crippen molar-refractivity contribution in [2.45, 2.75) is 6.54 Å². The number of hydrogen-bond donors (Lipinski definition) is 1. The molecule has 5 nitrogen and oxygen atoms in total. The van der Waals surface area contributed by atoms with Gasteiger partial charge in [-0.15, -0.1) is 0 Å². The van der Waals surface area contributed by atoms with Crippen molar-refractivity contribution in [1.82, 2.24) is 20.1 Å². The average Bonchev–Trinajstić information content (AvgIpc) is 3.01. The van der Waals surface area contributed by atoms with Crippen LogP contribution in [0.25, 0.3) is 17.3 Å². The zero-order chi connectivity index (χ0) is 17.6. The minimum Gasteiger partial charge on any atom is -0.347 e. The van der Waals surface area contributed by atoms with E-state index in [0.29, 0.717) is 11.6 Å². The van der Waals surface area contributed by atoms with Crippen LogP contribution >= 0.6 is 11.6 Å². The summed E-state index contributed by atoms with van der Waals surface area (Å²) in [6.45, 7) is 0.352. The van der Waals surface area contributed by atoms with Gasteiger partial charge >= 0.3 is 0 Å². The third-order valence-electron chi connectivity index (χ3n) is 3.67. The van der Waals surface area contributed by atoms with Gasteiger partial charge in [0.25, 0.3) is 0 Å². The number of benzene rings is 1. The lowest BCUT2D eigenvalue weighted by Gasteiger charge is -1.99. The van der Waals surface area contributed by atoms with Crippen molar-refractivity contribution in [2.24, 2.45) is 7.05 Å². The van der Waals surface area contributed by atoms with Crippen LogP contribution in [0.5, 0.6) is 0 Å². The van der Waals surface area contributed by atoms with Crippen LogP contribution in [0, 0.1) is 0 Å². The molecule has 126 valence electrons. The number of aryl methyl sites for hydroxylation is 1. The number of nitrogens with zero attached hydrogens (tertiary/aromatic N) is 3. The molecule has 0 radical (unpaired) electrons. The van der Waals surface area contributed by atoms with Crippen LogP contribution in [-0.2, 0) is 18.4 Å². The Hall–Kier alpha value is -2.92. The lowest BCUT2D eigenvalue weighted by molar-refractivity contribution is -0.116. The molecule has 2 heterocycles. The van der Waals surface area contributed by atoms with Crippen LogP contribution < -0.4 is 5.32 Å². The third-order valence-corrected chi connectivity index (χ3v) is 4.01. The van der Waals surface area contributed by atoms with Crippen LogP contribution in [0.15, 0.2) is 60.9 Å². The second kappa shape index (κ2) is 7.77. The maximum absolute atomic E-state index is 12.0. The highest BCUT2D eigenvalue weighted by atomic mass is 35.5. The highest BCUT2D eigenvalue weighted by Gasteiger charge is 2.08. The molecule has 3 aromatic rings. The minimum absolute atomic E-state index is 0.198. The number of pyridine rings is 1. The van der Waals surface area contributed by atoms with Crippen molar-refractivity contribution in [3.8, 4) is 11.3 Å². The highest BCUT2D eigenvalue weighted by molar-refractivity contribution is 6.32. The van der Waals surface area contributed by atoms with Crippen molar-refractivity contribution in [2.75, 3.05) is 0 Å². The molecule has 1 aromatic carbocycles. The van der Waals surface area contributed by atoms with Crippen LogP contribution in [0.4, 0.5) is 0 Å². The summed E-state index contributed by atoms with van der Waals surface area (Å²) in [5.74, 6) is -0.198. The molecule has 3 rings (SSSR count). The first kappa shape index (κ1) is 16.9. The molecule has 0 aliphatic carbocycles. The quantitative estimate of drug-likeness (QED) is 0.715. The van der Waals surface area contributed by atoms with Gasteiger partial charge in [0.05, 0.1) is 17.9 Å². The Morgan fingerprint density at radius 2 is 2.00 bits per heavy atom. The van der Waals surface area contributed by atoms with Gasteiger partial charge in [-0.3, -0.25) is 14.5 Å². The Morgan fingerprint density at radius 3 is 2.76 bits per heavy atom. The predicted octanol–water partition coefficient (Wildman–Crippen LogP) is 3.47. The second-order valence-electron chi connectivity index (χ2n) is 5.45. The Bertz CT molecular complexity index is 903. The summed E-state index contributed by atoms with van der Waals surface area (Å²) in [7, 11) is 1.87. The molecule has 25 heavy (non-hydrogen) atoms. The van der Waals surface area contributed by atoms with Gasteiger partial charge in [0.1, 0.15) is 0 Å². The van der Waals surface area contributed by atoms with Crippen LogP contribution in [0.3, 0.4) is 0 Å². The van der Waals surface area contributed by atoms with E-state index in [2.05, 4.69) is 15.4 Å². The van der Waals surface area contributed by atoms with Gasteiger partial charge in [-0.25, -0.2) is 0 Å². The molecule has 0 fully saturated rings. The Labute approximate surface area is 151 Å². The molecular weight excluding hydrogens is 336 g/mol. The number of hydrogen-bond acceptors (Lipinski definition) is 3. The fraction of sp³-hybridized carbons (Fsp3) is 0.105. The first-order valence-electron chi connectivity index (χ1n) is 7.77. The zero-order valence-corrected chi connectivity index (χ0v) is 14.4. The first-order chi connectivity index (χ1) is 12.1. The van der Waals surface area contributed by atoms with E-state index in [1.165, 1.54) is 6.08 Å². The normalized spacial score (nSPS) is 11.0. The molecule has 0 atom stereocenters. The second-order valence-corrected chi connectivity index (χ2v) is 5.86. The van der Waals surface area contributed by atoms with E-state index in [1.807, 2.05) is 43.4 Å². The molecule has 0 unspecified atom stereocenters. The Morgan fingerprint density at radius 1 is 1.24 bits per heavy atom. The zero-order valence-electron chi connectivity index (χ0n) is 13.7. The van der Waals surface area contributed by atoms with Crippen molar-refractivity contribution < 1.29 is 4.79 Å². The molecule has 0 aliphatic rings. The number of carbonyl (C=O) groups excluding carboxylic acids is 1. The Kier molecular flexibility index (Phi) is 5.26. The van der Waals surface area contributed by atoms with Crippen molar-refractivity contribution >= 4 is 23.6 Å². The maximum atomic E-state index is 12.0. The number of carbonyl (C=O) groups is 1. The molecular formula is C19H17ClN4O. The van der Waals surface area contributed by atoms with Gasteiger partial charge < -0.3 is 5.32 Å². The summed E-state index contributed by atoms with van der Waals surface area (Å²) < 4.78 is 1.79. The largest absolute Gasteiger partial charge is 0.347 e. The van der Waals surface area contributed by atoms with Crippen LogP contribution in [-0.4, -0.2) is 20.7 Å². The van der Waals surface area contributed by atoms with Crippen LogP contribution in [0.1, 0.15) is 11.3 Å².